The van der Waals surface area contributed by atoms with Gasteiger partial charge in [0, 0.05) is 36.8 Å². The highest BCUT2D eigenvalue weighted by atomic mass is 32.2. The summed E-state index contributed by atoms with van der Waals surface area (Å²) in [4.78, 5) is 8.45. The van der Waals surface area contributed by atoms with E-state index in [1.54, 1.807) is 30.7 Å². The van der Waals surface area contributed by atoms with Crippen molar-refractivity contribution in [1.82, 2.24) is 14.7 Å². The van der Waals surface area contributed by atoms with E-state index in [0.29, 0.717) is 24.7 Å². The predicted octanol–water partition coefficient (Wildman–Crippen LogP) is 2.39. The standard InChI is InChI=1S/C19H17N3O4S/c23-27(24,16-1-2-18-19(12-16)26-10-9-25-18)22-13-14-3-8-21-17(11-14)15-4-6-20-7-5-15/h1-8,11-12,22H,9-10,13H2. The number of hydrogen-bond acceptors (Lipinski definition) is 6. The van der Waals surface area contributed by atoms with Crippen LogP contribution in [0.1, 0.15) is 5.56 Å². The molecule has 0 atom stereocenters. The van der Waals surface area contributed by atoms with Gasteiger partial charge < -0.3 is 9.47 Å². The molecule has 138 valence electrons. The third kappa shape index (κ3) is 3.91. The topological polar surface area (TPSA) is 90.4 Å². The van der Waals surface area contributed by atoms with E-state index >= 15 is 0 Å². The van der Waals surface area contributed by atoms with Crippen molar-refractivity contribution in [2.45, 2.75) is 11.4 Å². The Morgan fingerprint density at radius 1 is 0.926 bits per heavy atom. The Morgan fingerprint density at radius 2 is 1.70 bits per heavy atom. The van der Waals surface area contributed by atoms with E-state index in [1.807, 2.05) is 18.2 Å². The number of rotatable bonds is 5. The van der Waals surface area contributed by atoms with Crippen LogP contribution in [-0.4, -0.2) is 31.6 Å². The zero-order valence-corrected chi connectivity index (χ0v) is 15.1. The second kappa shape index (κ2) is 7.34. The molecule has 0 radical (unpaired) electrons. The van der Waals surface area contributed by atoms with Crippen LogP contribution in [0.3, 0.4) is 0 Å². The van der Waals surface area contributed by atoms with E-state index in [-0.39, 0.29) is 11.4 Å². The van der Waals surface area contributed by atoms with Crippen LogP contribution in [-0.2, 0) is 16.6 Å². The molecule has 0 bridgehead atoms. The summed E-state index contributed by atoms with van der Waals surface area (Å²) < 4.78 is 38.7. The lowest BCUT2D eigenvalue weighted by atomic mass is 10.1. The molecule has 0 fully saturated rings. The number of pyridine rings is 2. The number of ether oxygens (including phenoxy) is 2. The second-order valence-corrected chi connectivity index (χ2v) is 7.68. The summed E-state index contributed by atoms with van der Waals surface area (Å²) in [5.41, 5.74) is 2.48. The smallest absolute Gasteiger partial charge is 0.241 e. The predicted molar refractivity (Wildman–Crippen MR) is 98.9 cm³/mol. The van der Waals surface area contributed by atoms with E-state index in [0.717, 1.165) is 16.8 Å². The fraction of sp³-hybridized carbons (Fsp3) is 0.158. The molecule has 0 saturated carbocycles. The Kier molecular flexibility index (Phi) is 4.74. The van der Waals surface area contributed by atoms with Crippen LogP contribution in [0.25, 0.3) is 11.3 Å². The van der Waals surface area contributed by atoms with Crippen LogP contribution in [0.2, 0.25) is 0 Å². The summed E-state index contributed by atoms with van der Waals surface area (Å²) in [6, 6.07) is 11.9. The van der Waals surface area contributed by atoms with Gasteiger partial charge in [-0.15, -0.1) is 0 Å². The highest BCUT2D eigenvalue weighted by Gasteiger charge is 2.19. The number of nitrogens with zero attached hydrogens (tertiary/aromatic N) is 2. The minimum atomic E-state index is -3.69. The van der Waals surface area contributed by atoms with Gasteiger partial charge in [-0.1, -0.05) is 0 Å². The maximum atomic E-state index is 12.6. The van der Waals surface area contributed by atoms with Crippen LogP contribution in [0.4, 0.5) is 0 Å². The first-order valence-electron chi connectivity index (χ1n) is 8.36. The Bertz CT molecular complexity index is 1060. The molecule has 0 unspecified atom stereocenters. The Balaban J connectivity index is 1.51. The van der Waals surface area contributed by atoms with Crippen LogP contribution >= 0.6 is 0 Å². The van der Waals surface area contributed by atoms with Gasteiger partial charge in [0.2, 0.25) is 10.0 Å². The third-order valence-electron chi connectivity index (χ3n) is 4.09. The van der Waals surface area contributed by atoms with Gasteiger partial charge in [0.25, 0.3) is 0 Å². The van der Waals surface area contributed by atoms with Crippen molar-refractivity contribution >= 4 is 10.0 Å². The lowest BCUT2D eigenvalue weighted by Crippen LogP contribution is -2.24. The zero-order valence-electron chi connectivity index (χ0n) is 14.3. The molecule has 4 rings (SSSR count). The van der Waals surface area contributed by atoms with Gasteiger partial charge in [0.05, 0.1) is 10.6 Å². The molecule has 3 aromatic rings. The molecular weight excluding hydrogens is 366 g/mol. The molecule has 2 aromatic heterocycles. The molecule has 0 aliphatic carbocycles. The summed E-state index contributed by atoms with van der Waals surface area (Å²) in [6.45, 7) is 1.01. The maximum Gasteiger partial charge on any atom is 0.241 e. The van der Waals surface area contributed by atoms with Gasteiger partial charge in [0.15, 0.2) is 11.5 Å². The van der Waals surface area contributed by atoms with Crippen LogP contribution in [0.5, 0.6) is 11.5 Å². The highest BCUT2D eigenvalue weighted by Crippen LogP contribution is 2.32. The molecule has 1 aliphatic rings. The molecule has 3 heterocycles. The Morgan fingerprint density at radius 3 is 2.52 bits per heavy atom. The monoisotopic (exact) mass is 383 g/mol. The number of benzene rings is 1. The SMILES string of the molecule is O=S(=O)(NCc1ccnc(-c2ccncc2)c1)c1ccc2c(c1)OCCO2. The van der Waals surface area contributed by atoms with Gasteiger partial charge in [-0.05, 0) is 42.0 Å². The Labute approximate surface area is 157 Å². The highest BCUT2D eigenvalue weighted by molar-refractivity contribution is 7.89. The molecule has 0 saturated heterocycles. The van der Waals surface area contributed by atoms with Gasteiger partial charge in [-0.3, -0.25) is 9.97 Å². The summed E-state index contributed by atoms with van der Waals surface area (Å²) in [5.74, 6) is 0.990. The molecule has 0 spiro atoms. The normalized spacial score (nSPS) is 13.3. The minimum Gasteiger partial charge on any atom is -0.486 e. The van der Waals surface area contributed by atoms with Gasteiger partial charge >= 0.3 is 0 Å². The molecule has 7 nitrogen and oxygen atoms in total. The van der Waals surface area contributed by atoms with E-state index < -0.39 is 10.0 Å². The molecular formula is C19H17N3O4S. The van der Waals surface area contributed by atoms with Crippen molar-refractivity contribution in [1.29, 1.82) is 0 Å². The first-order valence-corrected chi connectivity index (χ1v) is 9.85. The number of sulfonamides is 1. The van der Waals surface area contributed by atoms with Gasteiger partial charge in [0.1, 0.15) is 13.2 Å². The summed E-state index contributed by atoms with van der Waals surface area (Å²) in [5, 5.41) is 0. The van der Waals surface area contributed by atoms with E-state index in [4.69, 9.17) is 9.47 Å². The summed E-state index contributed by atoms with van der Waals surface area (Å²) >= 11 is 0. The van der Waals surface area contributed by atoms with E-state index in [1.165, 1.54) is 12.1 Å². The molecule has 0 amide bonds. The Hall–Kier alpha value is -2.97. The fourth-order valence-electron chi connectivity index (χ4n) is 2.72. The summed E-state index contributed by atoms with van der Waals surface area (Å²) in [7, 11) is -3.69. The number of aromatic nitrogens is 2. The maximum absolute atomic E-state index is 12.6. The van der Waals surface area contributed by atoms with Crippen LogP contribution in [0.15, 0.2) is 66.0 Å². The lowest BCUT2D eigenvalue weighted by molar-refractivity contribution is 0.171. The molecule has 8 heteroatoms. The number of nitrogens with one attached hydrogen (secondary N) is 1. The van der Waals surface area contributed by atoms with Crippen molar-refractivity contribution in [3.63, 3.8) is 0 Å². The van der Waals surface area contributed by atoms with E-state index in [9.17, 15) is 8.42 Å². The van der Waals surface area contributed by atoms with Crippen molar-refractivity contribution < 1.29 is 17.9 Å². The fourth-order valence-corrected chi connectivity index (χ4v) is 3.75. The quantitative estimate of drug-likeness (QED) is 0.728. The summed E-state index contributed by atoms with van der Waals surface area (Å²) in [6.07, 6.45) is 5.03. The van der Waals surface area contributed by atoms with Crippen molar-refractivity contribution in [2.75, 3.05) is 13.2 Å². The molecule has 1 aromatic carbocycles. The number of hydrogen-bond donors (Lipinski definition) is 1. The number of fused-ring (bicyclic) bond motifs is 1. The van der Waals surface area contributed by atoms with Gasteiger partial charge in [-0.25, -0.2) is 13.1 Å². The second-order valence-electron chi connectivity index (χ2n) is 5.92. The molecule has 1 aliphatic heterocycles. The largest absolute Gasteiger partial charge is 0.486 e. The minimum absolute atomic E-state index is 0.134. The van der Waals surface area contributed by atoms with E-state index in [2.05, 4.69) is 14.7 Å². The van der Waals surface area contributed by atoms with Crippen LogP contribution in [0, 0.1) is 0 Å². The van der Waals surface area contributed by atoms with Crippen molar-refractivity contribution in [3.8, 4) is 22.8 Å². The average Bonchev–Trinajstić information content (AvgIpc) is 2.73. The molecule has 27 heavy (non-hydrogen) atoms. The van der Waals surface area contributed by atoms with Crippen LogP contribution < -0.4 is 14.2 Å². The average molecular weight is 383 g/mol. The first kappa shape index (κ1) is 17.4. The van der Waals surface area contributed by atoms with Crippen molar-refractivity contribution in [2.24, 2.45) is 0 Å². The first-order chi connectivity index (χ1) is 13.1. The van der Waals surface area contributed by atoms with Crippen molar-refractivity contribution in [3.05, 3.63) is 66.6 Å². The van der Waals surface area contributed by atoms with Gasteiger partial charge in [-0.2, -0.15) is 0 Å². The molecule has 1 N–H and O–H groups in total. The third-order valence-corrected chi connectivity index (χ3v) is 5.49. The zero-order chi connectivity index (χ0) is 18.7. The lowest BCUT2D eigenvalue weighted by Gasteiger charge is -2.19.